The van der Waals surface area contributed by atoms with Crippen molar-refractivity contribution in [3.05, 3.63) is 0 Å². The van der Waals surface area contributed by atoms with Crippen molar-refractivity contribution in [2.24, 2.45) is 5.73 Å². The standard InChI is InChI=1S/C12H24N2S/c1-9(15-2)5-6-14-11-3-4-12(14)8-10(13)7-11/h9-12H,3-8,13H2,1-2H3. The summed E-state index contributed by atoms with van der Waals surface area (Å²) in [6, 6.07) is 2.11. The lowest BCUT2D eigenvalue weighted by Crippen LogP contribution is -2.47. The van der Waals surface area contributed by atoms with Crippen molar-refractivity contribution in [3.8, 4) is 0 Å². The molecule has 0 radical (unpaired) electrons. The Morgan fingerprint density at radius 2 is 1.93 bits per heavy atom. The van der Waals surface area contributed by atoms with Gasteiger partial charge in [-0.2, -0.15) is 11.8 Å². The van der Waals surface area contributed by atoms with Crippen molar-refractivity contribution in [1.82, 2.24) is 4.90 Å². The van der Waals surface area contributed by atoms with Gasteiger partial charge in [0.1, 0.15) is 0 Å². The summed E-state index contributed by atoms with van der Waals surface area (Å²) in [5.41, 5.74) is 6.07. The highest BCUT2D eigenvalue weighted by atomic mass is 32.2. The predicted molar refractivity (Wildman–Crippen MR) is 68.3 cm³/mol. The molecule has 3 atom stereocenters. The van der Waals surface area contributed by atoms with E-state index < -0.39 is 0 Å². The number of fused-ring (bicyclic) bond motifs is 2. The molecule has 2 saturated heterocycles. The van der Waals surface area contributed by atoms with Crippen LogP contribution in [0, 0.1) is 0 Å². The lowest BCUT2D eigenvalue weighted by Gasteiger charge is -2.38. The Morgan fingerprint density at radius 3 is 2.47 bits per heavy atom. The van der Waals surface area contributed by atoms with E-state index in [1.54, 1.807) is 0 Å². The zero-order chi connectivity index (χ0) is 10.8. The topological polar surface area (TPSA) is 29.3 Å². The smallest absolute Gasteiger partial charge is 0.0113 e. The molecule has 2 nitrogen and oxygen atoms in total. The van der Waals surface area contributed by atoms with E-state index in [1.165, 1.54) is 38.6 Å². The number of piperidine rings is 1. The summed E-state index contributed by atoms with van der Waals surface area (Å²) < 4.78 is 0. The van der Waals surface area contributed by atoms with E-state index >= 15 is 0 Å². The van der Waals surface area contributed by atoms with Crippen molar-refractivity contribution in [2.45, 2.75) is 62.4 Å². The molecule has 0 aromatic rings. The molecule has 3 heteroatoms. The van der Waals surface area contributed by atoms with Gasteiger partial charge in [0.05, 0.1) is 0 Å². The summed E-state index contributed by atoms with van der Waals surface area (Å²) in [6.45, 7) is 3.63. The molecule has 0 spiro atoms. The molecule has 3 unspecified atom stereocenters. The van der Waals surface area contributed by atoms with Crippen molar-refractivity contribution in [3.63, 3.8) is 0 Å². The lowest BCUT2D eigenvalue weighted by molar-refractivity contribution is 0.126. The molecule has 2 bridgehead atoms. The maximum Gasteiger partial charge on any atom is 0.0113 e. The van der Waals surface area contributed by atoms with Crippen LogP contribution in [0.3, 0.4) is 0 Å². The van der Waals surface area contributed by atoms with Crippen LogP contribution in [-0.4, -0.2) is 41.1 Å². The van der Waals surface area contributed by atoms with Gasteiger partial charge in [-0.25, -0.2) is 0 Å². The number of hydrogen-bond acceptors (Lipinski definition) is 3. The first kappa shape index (κ1) is 11.7. The monoisotopic (exact) mass is 228 g/mol. The van der Waals surface area contributed by atoms with Gasteiger partial charge < -0.3 is 5.73 Å². The Bertz CT molecular complexity index is 196. The number of nitrogens with zero attached hydrogens (tertiary/aromatic N) is 1. The molecule has 0 saturated carbocycles. The Hall–Kier alpha value is 0.270. The number of nitrogens with two attached hydrogens (primary N) is 1. The van der Waals surface area contributed by atoms with Gasteiger partial charge in [-0.15, -0.1) is 0 Å². The van der Waals surface area contributed by atoms with E-state index in [0.717, 1.165) is 17.3 Å². The van der Waals surface area contributed by atoms with E-state index in [-0.39, 0.29) is 0 Å². The van der Waals surface area contributed by atoms with Crippen LogP contribution in [0.4, 0.5) is 0 Å². The van der Waals surface area contributed by atoms with Crippen LogP contribution < -0.4 is 5.73 Å². The fourth-order valence-electron chi connectivity index (χ4n) is 3.13. The van der Waals surface area contributed by atoms with Gasteiger partial charge in [0.25, 0.3) is 0 Å². The largest absolute Gasteiger partial charge is 0.328 e. The molecule has 2 N–H and O–H groups in total. The van der Waals surface area contributed by atoms with E-state index in [0.29, 0.717) is 6.04 Å². The van der Waals surface area contributed by atoms with E-state index in [2.05, 4.69) is 18.1 Å². The Morgan fingerprint density at radius 1 is 1.33 bits per heavy atom. The fourth-order valence-corrected chi connectivity index (χ4v) is 3.47. The second kappa shape index (κ2) is 5.07. The Balaban J connectivity index is 1.83. The maximum absolute atomic E-state index is 6.07. The summed E-state index contributed by atoms with van der Waals surface area (Å²) in [7, 11) is 0. The van der Waals surface area contributed by atoms with E-state index in [1.807, 2.05) is 11.8 Å². The van der Waals surface area contributed by atoms with Gasteiger partial charge in [-0.3, -0.25) is 4.90 Å². The van der Waals surface area contributed by atoms with Crippen LogP contribution in [0.15, 0.2) is 0 Å². The molecule has 2 aliphatic heterocycles. The number of thioether (sulfide) groups is 1. The average Bonchev–Trinajstić information content (AvgIpc) is 2.46. The van der Waals surface area contributed by atoms with Crippen LogP contribution in [-0.2, 0) is 0 Å². The summed E-state index contributed by atoms with van der Waals surface area (Å²) in [5, 5.41) is 0.806. The van der Waals surface area contributed by atoms with Crippen molar-refractivity contribution >= 4 is 11.8 Å². The second-order valence-electron chi connectivity index (χ2n) is 5.19. The van der Waals surface area contributed by atoms with Crippen molar-refractivity contribution < 1.29 is 0 Å². The Labute approximate surface area is 98.0 Å². The second-order valence-corrected chi connectivity index (χ2v) is 6.47. The minimum Gasteiger partial charge on any atom is -0.328 e. The molecule has 0 aromatic heterocycles. The zero-order valence-electron chi connectivity index (χ0n) is 9.98. The van der Waals surface area contributed by atoms with Gasteiger partial charge in [0.15, 0.2) is 0 Å². The zero-order valence-corrected chi connectivity index (χ0v) is 10.8. The van der Waals surface area contributed by atoms with Gasteiger partial charge in [-0.05, 0) is 44.9 Å². The first-order valence-corrected chi connectivity index (χ1v) is 7.53. The van der Waals surface area contributed by atoms with Crippen LogP contribution in [0.1, 0.15) is 39.0 Å². The lowest BCUT2D eigenvalue weighted by atomic mass is 9.98. The van der Waals surface area contributed by atoms with Crippen LogP contribution in [0.5, 0.6) is 0 Å². The third-order valence-electron chi connectivity index (χ3n) is 4.12. The van der Waals surface area contributed by atoms with Gasteiger partial charge in [0.2, 0.25) is 0 Å². The van der Waals surface area contributed by atoms with Gasteiger partial charge in [0, 0.05) is 23.4 Å². The molecule has 15 heavy (non-hydrogen) atoms. The average molecular weight is 228 g/mol. The van der Waals surface area contributed by atoms with E-state index in [4.69, 9.17) is 5.73 Å². The highest BCUT2D eigenvalue weighted by Crippen LogP contribution is 2.35. The molecule has 0 aliphatic carbocycles. The Kier molecular flexibility index (Phi) is 3.97. The minimum atomic E-state index is 0.483. The summed E-state index contributed by atoms with van der Waals surface area (Å²) >= 11 is 1.99. The molecule has 2 aliphatic rings. The molecule has 0 aromatic carbocycles. The van der Waals surface area contributed by atoms with Gasteiger partial charge >= 0.3 is 0 Å². The molecule has 0 amide bonds. The highest BCUT2D eigenvalue weighted by molar-refractivity contribution is 7.99. The number of rotatable bonds is 4. The molecule has 88 valence electrons. The fraction of sp³-hybridized carbons (Fsp3) is 1.00. The summed E-state index contributed by atoms with van der Waals surface area (Å²) in [4.78, 5) is 2.75. The first-order chi connectivity index (χ1) is 7.20. The maximum atomic E-state index is 6.07. The van der Waals surface area contributed by atoms with Crippen LogP contribution >= 0.6 is 11.8 Å². The predicted octanol–water partition coefficient (Wildman–Crippen LogP) is 2.08. The van der Waals surface area contributed by atoms with Crippen LogP contribution in [0.25, 0.3) is 0 Å². The highest BCUT2D eigenvalue weighted by Gasteiger charge is 2.38. The molecule has 2 heterocycles. The third kappa shape index (κ3) is 2.69. The summed E-state index contributed by atoms with van der Waals surface area (Å²) in [5.74, 6) is 0. The molecule has 2 fully saturated rings. The third-order valence-corrected chi connectivity index (χ3v) is 5.16. The normalized spacial score (nSPS) is 38.2. The molecular weight excluding hydrogens is 204 g/mol. The summed E-state index contributed by atoms with van der Waals surface area (Å²) in [6.07, 6.45) is 8.82. The van der Waals surface area contributed by atoms with Crippen molar-refractivity contribution in [2.75, 3.05) is 12.8 Å². The van der Waals surface area contributed by atoms with Gasteiger partial charge in [-0.1, -0.05) is 6.92 Å². The van der Waals surface area contributed by atoms with E-state index in [9.17, 15) is 0 Å². The quantitative estimate of drug-likeness (QED) is 0.799. The van der Waals surface area contributed by atoms with Crippen LogP contribution in [0.2, 0.25) is 0 Å². The first-order valence-electron chi connectivity index (χ1n) is 6.24. The SMILES string of the molecule is CSC(C)CCN1C2CCC1CC(N)C2. The minimum absolute atomic E-state index is 0.483. The molecule has 2 rings (SSSR count). The molecular formula is C12H24N2S. The van der Waals surface area contributed by atoms with Crippen molar-refractivity contribution in [1.29, 1.82) is 0 Å². The number of hydrogen-bond donors (Lipinski definition) is 1.